The number of nitrogens with zero attached hydrogens (tertiary/aromatic N) is 2. The number of carbonyl (C=O) groups is 2. The van der Waals surface area contributed by atoms with Crippen LogP contribution in [0.15, 0.2) is 51.9 Å². The van der Waals surface area contributed by atoms with Crippen molar-refractivity contribution in [2.45, 2.75) is 70.9 Å². The molecule has 0 radical (unpaired) electrons. The van der Waals surface area contributed by atoms with E-state index < -0.39 is 17.2 Å². The zero-order valence-electron chi connectivity index (χ0n) is 21.2. The molecule has 1 unspecified atom stereocenters. The molecule has 1 spiro atoms. The third-order valence-electron chi connectivity index (χ3n) is 7.46. The molecule has 6 nitrogen and oxygen atoms in total. The predicted molar refractivity (Wildman–Crippen MR) is 141 cm³/mol. The molecule has 35 heavy (non-hydrogen) atoms. The maximum atomic E-state index is 12.7. The summed E-state index contributed by atoms with van der Waals surface area (Å²) in [6.45, 7) is 7.56. The number of ether oxygens (including phenoxy) is 1. The lowest BCUT2D eigenvalue weighted by molar-refractivity contribution is -0.114. The van der Waals surface area contributed by atoms with E-state index in [1.54, 1.807) is 27.8 Å². The summed E-state index contributed by atoms with van der Waals surface area (Å²) in [4.78, 5) is 31.0. The number of amides is 2. The van der Waals surface area contributed by atoms with E-state index >= 15 is 0 Å². The van der Waals surface area contributed by atoms with Gasteiger partial charge in [-0.15, -0.1) is 0 Å². The fraction of sp³-hybridized carbons (Fsp3) is 0.464. The van der Waals surface area contributed by atoms with Gasteiger partial charge in [0.1, 0.15) is 5.60 Å². The molecule has 2 aromatic rings. The normalized spacial score (nSPS) is 21.0. The summed E-state index contributed by atoms with van der Waals surface area (Å²) < 4.78 is 6.45. The van der Waals surface area contributed by atoms with Gasteiger partial charge in [-0.1, -0.05) is 46.3 Å². The van der Waals surface area contributed by atoms with Crippen molar-refractivity contribution in [3.05, 3.63) is 69.2 Å². The van der Waals surface area contributed by atoms with Crippen LogP contribution in [0.4, 0.5) is 4.79 Å². The Morgan fingerprint density at radius 3 is 2.31 bits per heavy atom. The average molecular weight is 541 g/mol. The lowest BCUT2D eigenvalue weighted by Gasteiger charge is -2.42. The number of nitrogens with one attached hydrogen (secondary N) is 1. The number of carbonyl (C=O) groups excluding carboxylic acids is 2. The molecule has 2 aliphatic rings. The highest BCUT2D eigenvalue weighted by molar-refractivity contribution is 9.10. The average Bonchev–Trinajstić information content (AvgIpc) is 2.90. The second-order valence-corrected chi connectivity index (χ2v) is 11.8. The Hall–Kier alpha value is -2.67. The first-order chi connectivity index (χ1) is 16.5. The van der Waals surface area contributed by atoms with Crippen molar-refractivity contribution in [1.29, 1.82) is 0 Å². The van der Waals surface area contributed by atoms with Crippen LogP contribution in [0.25, 0.3) is 0 Å². The maximum Gasteiger partial charge on any atom is 0.414 e. The van der Waals surface area contributed by atoms with Crippen LogP contribution < -0.4 is 5.32 Å². The molecule has 0 aliphatic heterocycles. The van der Waals surface area contributed by atoms with Gasteiger partial charge in [0, 0.05) is 16.9 Å². The molecule has 4 rings (SSSR count). The SMILES string of the molecule is CN(C=O)C(=NC1(C)c2cc(Br)ccc2CC12CCc1ccccc1CC2)NC(=O)OC(C)(C)C. The molecule has 0 heterocycles. The summed E-state index contributed by atoms with van der Waals surface area (Å²) in [6.07, 6.45) is 4.77. The lowest BCUT2D eigenvalue weighted by Crippen LogP contribution is -2.48. The van der Waals surface area contributed by atoms with Crippen LogP contribution in [0.3, 0.4) is 0 Å². The van der Waals surface area contributed by atoms with Gasteiger partial charge < -0.3 is 4.74 Å². The van der Waals surface area contributed by atoms with Gasteiger partial charge in [0.05, 0.1) is 5.54 Å². The topological polar surface area (TPSA) is 71.0 Å². The molecule has 0 aromatic heterocycles. The Labute approximate surface area is 216 Å². The largest absolute Gasteiger partial charge is 0.444 e. The molecule has 7 heteroatoms. The number of fused-ring (bicyclic) bond motifs is 2. The van der Waals surface area contributed by atoms with Crippen molar-refractivity contribution in [1.82, 2.24) is 10.2 Å². The maximum absolute atomic E-state index is 12.7. The highest BCUT2D eigenvalue weighted by Gasteiger charge is 2.55. The summed E-state index contributed by atoms with van der Waals surface area (Å²) in [5.74, 6) is 0.186. The molecule has 1 N–H and O–H groups in total. The van der Waals surface area contributed by atoms with Gasteiger partial charge >= 0.3 is 6.09 Å². The minimum atomic E-state index is -0.669. The minimum Gasteiger partial charge on any atom is -0.444 e. The number of aliphatic imine (C=N–C) groups is 1. The van der Waals surface area contributed by atoms with Crippen molar-refractivity contribution in [2.75, 3.05) is 7.05 Å². The van der Waals surface area contributed by atoms with E-state index in [1.807, 2.05) is 0 Å². The molecule has 0 fully saturated rings. The number of aryl methyl sites for hydroxylation is 2. The van der Waals surface area contributed by atoms with E-state index in [4.69, 9.17) is 9.73 Å². The van der Waals surface area contributed by atoms with Crippen LogP contribution in [0.5, 0.6) is 0 Å². The molecule has 1 atom stereocenters. The van der Waals surface area contributed by atoms with Gasteiger partial charge in [-0.25, -0.2) is 9.79 Å². The standard InChI is InChI=1S/C28H34BrN3O3/c1-26(2,3)35-25(34)30-24(32(5)18-33)31-27(4)23-16-22(29)11-10-21(23)17-28(27)14-12-19-8-6-7-9-20(19)13-15-28/h6-11,16,18H,12-15,17H2,1-5H3,(H,30,31,34). The van der Waals surface area contributed by atoms with Crippen LogP contribution in [0, 0.1) is 5.41 Å². The van der Waals surface area contributed by atoms with Crippen molar-refractivity contribution in [3.63, 3.8) is 0 Å². The van der Waals surface area contributed by atoms with E-state index in [2.05, 4.69) is 70.6 Å². The van der Waals surface area contributed by atoms with Crippen LogP contribution in [0.1, 0.15) is 62.8 Å². The lowest BCUT2D eigenvalue weighted by atomic mass is 9.66. The van der Waals surface area contributed by atoms with E-state index in [0.29, 0.717) is 6.41 Å². The van der Waals surface area contributed by atoms with Crippen molar-refractivity contribution < 1.29 is 14.3 Å². The fourth-order valence-electron chi connectivity index (χ4n) is 5.59. The Bertz CT molecular complexity index is 1140. The van der Waals surface area contributed by atoms with Gasteiger partial charge in [-0.05, 0) is 94.2 Å². The third kappa shape index (κ3) is 5.01. The number of halogens is 1. The minimum absolute atomic E-state index is 0.167. The quantitative estimate of drug-likeness (QED) is 0.300. The molecule has 2 amide bonds. The zero-order chi connectivity index (χ0) is 25.4. The predicted octanol–water partition coefficient (Wildman–Crippen LogP) is 5.75. The molecule has 0 saturated heterocycles. The third-order valence-corrected chi connectivity index (χ3v) is 7.95. The van der Waals surface area contributed by atoms with Gasteiger partial charge in [0.25, 0.3) is 0 Å². The van der Waals surface area contributed by atoms with E-state index in [0.717, 1.165) is 42.1 Å². The summed E-state index contributed by atoms with van der Waals surface area (Å²) in [6, 6.07) is 15.0. The van der Waals surface area contributed by atoms with Crippen LogP contribution in [-0.4, -0.2) is 36.0 Å². The number of hydrogen-bond donors (Lipinski definition) is 1. The van der Waals surface area contributed by atoms with Crippen molar-refractivity contribution in [3.8, 4) is 0 Å². The molecular weight excluding hydrogens is 506 g/mol. The number of alkyl carbamates (subject to hydrolysis) is 1. The van der Waals surface area contributed by atoms with Crippen LogP contribution >= 0.6 is 15.9 Å². The zero-order valence-corrected chi connectivity index (χ0v) is 22.7. The van der Waals surface area contributed by atoms with Gasteiger partial charge in [-0.2, -0.15) is 0 Å². The Morgan fingerprint density at radius 2 is 1.74 bits per heavy atom. The van der Waals surface area contributed by atoms with E-state index in [1.165, 1.54) is 21.6 Å². The Morgan fingerprint density at radius 1 is 1.11 bits per heavy atom. The molecular formula is C28H34BrN3O3. The number of rotatable bonds is 2. The van der Waals surface area contributed by atoms with E-state index in [9.17, 15) is 9.59 Å². The molecule has 2 aliphatic carbocycles. The molecule has 2 aromatic carbocycles. The van der Waals surface area contributed by atoms with Crippen LogP contribution in [-0.2, 0) is 34.3 Å². The van der Waals surface area contributed by atoms with Crippen molar-refractivity contribution >= 4 is 34.4 Å². The highest BCUT2D eigenvalue weighted by Crippen LogP contribution is 2.58. The van der Waals surface area contributed by atoms with Gasteiger partial charge in [0.15, 0.2) is 0 Å². The van der Waals surface area contributed by atoms with Crippen LogP contribution in [0.2, 0.25) is 0 Å². The first kappa shape index (κ1) is 25.4. The van der Waals surface area contributed by atoms with Gasteiger partial charge in [0.2, 0.25) is 12.4 Å². The summed E-state index contributed by atoms with van der Waals surface area (Å²) in [5.41, 5.74) is 3.68. The number of hydrogen-bond acceptors (Lipinski definition) is 4. The first-order valence-corrected chi connectivity index (χ1v) is 12.9. The first-order valence-electron chi connectivity index (χ1n) is 12.1. The molecule has 186 valence electrons. The Balaban J connectivity index is 1.81. The summed E-state index contributed by atoms with van der Waals surface area (Å²) in [5, 5.41) is 2.75. The molecule has 0 saturated carbocycles. The fourth-order valence-corrected chi connectivity index (χ4v) is 5.95. The Kier molecular flexibility index (Phi) is 6.84. The van der Waals surface area contributed by atoms with Gasteiger partial charge in [-0.3, -0.25) is 15.0 Å². The second-order valence-electron chi connectivity index (χ2n) is 10.9. The second kappa shape index (κ2) is 9.41. The molecule has 0 bridgehead atoms. The smallest absolute Gasteiger partial charge is 0.414 e. The van der Waals surface area contributed by atoms with E-state index in [-0.39, 0.29) is 11.4 Å². The number of guanidine groups is 1. The summed E-state index contributed by atoms with van der Waals surface area (Å²) >= 11 is 3.65. The van der Waals surface area contributed by atoms with Crippen molar-refractivity contribution in [2.24, 2.45) is 10.4 Å². The number of benzene rings is 2. The monoisotopic (exact) mass is 539 g/mol. The highest BCUT2D eigenvalue weighted by atomic mass is 79.9. The summed E-state index contributed by atoms with van der Waals surface area (Å²) in [7, 11) is 1.60.